The first-order chi connectivity index (χ1) is 3.06. The summed E-state index contributed by atoms with van der Waals surface area (Å²) in [6.45, 7) is 1.56. The van der Waals surface area contributed by atoms with Crippen LogP contribution in [0.15, 0.2) is 0 Å². The van der Waals surface area contributed by atoms with E-state index in [1.54, 1.807) is 0 Å². The van der Waals surface area contributed by atoms with E-state index in [-0.39, 0.29) is 87.8 Å². The molecule has 0 unspecified atom stereocenters. The minimum absolute atomic E-state index is 0. The van der Waals surface area contributed by atoms with Gasteiger partial charge in [0.25, 0.3) is 0 Å². The van der Waals surface area contributed by atoms with E-state index >= 15 is 0 Å². The molecule has 0 saturated carbocycles. The Bertz CT molecular complexity index is 102. The third-order valence-corrected chi connectivity index (χ3v) is 0.892. The van der Waals surface area contributed by atoms with Crippen LogP contribution in [0.2, 0.25) is 0 Å². The molecule has 0 saturated heterocycles. The van der Waals surface area contributed by atoms with Crippen LogP contribution in [0.25, 0.3) is 0 Å². The predicted octanol–water partition coefficient (Wildman–Crippen LogP) is -0.196. The molecule has 0 amide bonds. The van der Waals surface area contributed by atoms with Gasteiger partial charge in [0.15, 0.2) is 0 Å². The smallest absolute Gasteiger partial charge is 1.00 e. The van der Waals surface area contributed by atoms with E-state index in [4.69, 9.17) is 9.79 Å². The molecule has 0 aromatic carbocycles. The van der Waals surface area contributed by atoms with Crippen LogP contribution in [0.1, 0.15) is 12.6 Å². The molecule has 9 heavy (non-hydrogen) atoms. The van der Waals surface area contributed by atoms with Crippen molar-refractivity contribution in [3.63, 3.8) is 0 Å². The molecule has 2 N–H and O–H groups in total. The van der Waals surface area contributed by atoms with E-state index < -0.39 is 7.82 Å². The Morgan fingerprint density at radius 3 is 1.89 bits per heavy atom. The van der Waals surface area contributed by atoms with Gasteiger partial charge in [-0.2, -0.15) is 0 Å². The Morgan fingerprint density at radius 1 is 1.56 bits per heavy atom. The maximum Gasteiger partial charge on any atom is 2.00 e. The predicted molar refractivity (Wildman–Crippen MR) is 39.6 cm³/mol. The quantitative estimate of drug-likeness (QED) is 0.489. The molecule has 0 bridgehead atoms. The van der Waals surface area contributed by atoms with Gasteiger partial charge in [-0.3, -0.25) is 4.52 Å². The van der Waals surface area contributed by atoms with Gasteiger partial charge in [-0.25, -0.2) is 4.57 Å². The van der Waals surface area contributed by atoms with Crippen LogP contribution in [0.5, 0.6) is 0 Å². The molecule has 0 fully saturated rings. The summed E-state index contributed by atoms with van der Waals surface area (Å²) in [6.07, 6.45) is 0. The van der Waals surface area contributed by atoms with E-state index in [9.17, 15) is 4.57 Å². The number of hydrogen-bond donors (Lipinski definition) is 2. The fourth-order valence-electron chi connectivity index (χ4n) is 0.168. The molecular weight excluding hydrogens is 199 g/mol. The molecule has 0 atom stereocenters. The van der Waals surface area contributed by atoms with Gasteiger partial charge in [-0.05, 0) is 6.92 Å². The average Bonchev–Trinajstić information content (AvgIpc) is 1.30. The van der Waals surface area contributed by atoms with E-state index in [0.29, 0.717) is 0 Å². The Kier molecular flexibility index (Phi) is 17.1. The Labute approximate surface area is 120 Å². The fraction of sp³-hybridized carbons (Fsp3) is 1.00. The van der Waals surface area contributed by atoms with Crippen LogP contribution in [-0.2, 0) is 9.09 Å². The molecule has 0 aromatic rings. The largest absolute Gasteiger partial charge is 2.00 e. The van der Waals surface area contributed by atoms with Crippen molar-refractivity contribution >= 4 is 83.3 Å². The van der Waals surface area contributed by atoms with Crippen LogP contribution in [0.4, 0.5) is 0 Å². The van der Waals surface area contributed by atoms with Gasteiger partial charge in [0.05, 0.1) is 6.61 Å². The Hall–Kier alpha value is 2.63. The van der Waals surface area contributed by atoms with Gasteiger partial charge in [0.2, 0.25) is 0 Å². The van der Waals surface area contributed by atoms with Crippen molar-refractivity contribution in [1.29, 1.82) is 0 Å². The molecule has 0 radical (unpaired) electrons. The third kappa shape index (κ3) is 18.0. The molecule has 0 heterocycles. The van der Waals surface area contributed by atoms with E-state index in [1.807, 2.05) is 0 Å². The zero-order chi connectivity index (χ0) is 5.91. The van der Waals surface area contributed by atoms with Crippen LogP contribution >= 0.6 is 7.82 Å². The average molecular weight is 210 g/mol. The van der Waals surface area contributed by atoms with Gasteiger partial charge < -0.3 is 15.5 Å². The van der Waals surface area contributed by atoms with Crippen LogP contribution in [0, 0.1) is 0 Å². The molecule has 0 aliphatic rings. The first-order valence-electron chi connectivity index (χ1n) is 1.76. The Balaban J connectivity index is -0.0000000120. The van der Waals surface area contributed by atoms with Crippen molar-refractivity contribution in [3.05, 3.63) is 0 Å². The summed E-state index contributed by atoms with van der Waals surface area (Å²) in [5.74, 6) is 0. The second-order valence-corrected chi connectivity index (χ2v) is 2.15. The maximum atomic E-state index is 9.70. The standard InChI is InChI=1S/C2H7O4P.2Ca.4H/c1-2-6-7(3,4)5;;;;;;/h2H2,1H3,(H2,3,4,5);;;;;;/q;2*+2;4*-1. The van der Waals surface area contributed by atoms with E-state index in [0.717, 1.165) is 0 Å². The van der Waals surface area contributed by atoms with Crippen molar-refractivity contribution in [2.75, 3.05) is 6.61 Å². The van der Waals surface area contributed by atoms with Gasteiger partial charge in [-0.15, -0.1) is 0 Å². The molecule has 52 valence electrons. The van der Waals surface area contributed by atoms with Crippen molar-refractivity contribution in [3.8, 4) is 0 Å². The zero-order valence-electron chi connectivity index (χ0n) is 9.28. The first kappa shape index (κ1) is 17.6. The SMILES string of the molecule is CCOP(=O)(O)O.[Ca+2].[Ca+2].[H-].[H-].[H-].[H-]. The summed E-state index contributed by atoms with van der Waals surface area (Å²) in [5, 5.41) is 0. The topological polar surface area (TPSA) is 66.8 Å². The molecule has 0 aliphatic heterocycles. The molecule has 0 spiro atoms. The van der Waals surface area contributed by atoms with Crippen molar-refractivity contribution < 1.29 is 24.6 Å². The first-order valence-corrected chi connectivity index (χ1v) is 3.29. The van der Waals surface area contributed by atoms with Crippen molar-refractivity contribution in [2.45, 2.75) is 6.92 Å². The summed E-state index contributed by atoms with van der Waals surface area (Å²) in [4.78, 5) is 15.8. The Morgan fingerprint density at radius 2 is 1.89 bits per heavy atom. The zero-order valence-corrected chi connectivity index (χ0v) is 10.6. The minimum atomic E-state index is -4.17. The summed E-state index contributed by atoms with van der Waals surface area (Å²) in [5.41, 5.74) is 0. The molecule has 7 heteroatoms. The van der Waals surface area contributed by atoms with Crippen LogP contribution in [-0.4, -0.2) is 91.9 Å². The fourth-order valence-corrected chi connectivity index (χ4v) is 0.505. The van der Waals surface area contributed by atoms with Gasteiger partial charge in [-0.1, -0.05) is 0 Å². The third-order valence-electron chi connectivity index (χ3n) is 0.297. The van der Waals surface area contributed by atoms with E-state index in [2.05, 4.69) is 4.52 Å². The van der Waals surface area contributed by atoms with Crippen LogP contribution < -0.4 is 0 Å². The molecule has 0 aromatic heterocycles. The summed E-state index contributed by atoms with van der Waals surface area (Å²) in [6, 6.07) is 0. The number of rotatable bonds is 2. The van der Waals surface area contributed by atoms with Gasteiger partial charge >= 0.3 is 83.3 Å². The van der Waals surface area contributed by atoms with Crippen molar-refractivity contribution in [2.24, 2.45) is 0 Å². The van der Waals surface area contributed by atoms with Gasteiger partial charge in [0, 0.05) is 0 Å². The van der Waals surface area contributed by atoms with Gasteiger partial charge in [0.1, 0.15) is 0 Å². The van der Waals surface area contributed by atoms with Crippen LogP contribution in [0.3, 0.4) is 0 Å². The second-order valence-electron chi connectivity index (χ2n) is 0.908. The molecule has 0 rings (SSSR count). The van der Waals surface area contributed by atoms with E-state index in [1.165, 1.54) is 6.92 Å². The minimum Gasteiger partial charge on any atom is -1.00 e. The molecule has 0 aliphatic carbocycles. The normalized spacial score (nSPS) is 9.22. The molecule has 4 nitrogen and oxygen atoms in total. The number of hydrogen-bond acceptors (Lipinski definition) is 2. The molecular formula is C2H11Ca2O4P. The summed E-state index contributed by atoms with van der Waals surface area (Å²) in [7, 11) is -4.17. The second kappa shape index (κ2) is 8.72. The number of phosphoric acid groups is 1. The summed E-state index contributed by atoms with van der Waals surface area (Å²) >= 11 is 0. The monoisotopic (exact) mass is 210 g/mol. The maximum absolute atomic E-state index is 9.70. The van der Waals surface area contributed by atoms with Crippen molar-refractivity contribution in [1.82, 2.24) is 0 Å². The number of phosphoric ester groups is 1. The summed E-state index contributed by atoms with van der Waals surface area (Å²) < 4.78 is 13.6.